The van der Waals surface area contributed by atoms with Gasteiger partial charge < -0.3 is 24.7 Å². The van der Waals surface area contributed by atoms with Gasteiger partial charge in [0.15, 0.2) is 11.6 Å². The summed E-state index contributed by atoms with van der Waals surface area (Å²) in [6.07, 6.45) is 4.43. The number of fused-ring (bicyclic) bond motifs is 1. The van der Waals surface area contributed by atoms with Crippen molar-refractivity contribution in [3.05, 3.63) is 45.3 Å². The minimum Gasteiger partial charge on any atom is -0.492 e. The van der Waals surface area contributed by atoms with Crippen molar-refractivity contribution >= 4 is 22.6 Å². The Balaban J connectivity index is 1.94. The summed E-state index contributed by atoms with van der Waals surface area (Å²) in [5, 5.41) is 0.0569. The van der Waals surface area contributed by atoms with E-state index in [1.807, 2.05) is 4.57 Å². The van der Waals surface area contributed by atoms with E-state index in [4.69, 9.17) is 15.2 Å². The van der Waals surface area contributed by atoms with E-state index in [1.165, 1.54) is 13.3 Å². The van der Waals surface area contributed by atoms with E-state index in [1.54, 1.807) is 11.8 Å². The molecular weight excluding hydrogens is 420 g/mol. The molecule has 0 amide bonds. The SMILES string of the molecule is CCOC(=O)c1cn(C2CC2)c2c(OC)c(N3CCCC(=C(F)CN)C3)c(F)cc2c1=O. The number of piperidine rings is 1. The van der Waals surface area contributed by atoms with Gasteiger partial charge in [-0.25, -0.2) is 13.6 Å². The predicted molar refractivity (Wildman–Crippen MR) is 118 cm³/mol. The number of nitrogens with zero attached hydrogens (tertiary/aromatic N) is 2. The van der Waals surface area contributed by atoms with Gasteiger partial charge in [0.05, 0.1) is 24.6 Å². The smallest absolute Gasteiger partial charge is 0.343 e. The molecule has 0 atom stereocenters. The highest BCUT2D eigenvalue weighted by molar-refractivity contribution is 5.97. The largest absolute Gasteiger partial charge is 0.492 e. The molecular formula is C23H27F2N3O4. The van der Waals surface area contributed by atoms with E-state index < -0.39 is 17.2 Å². The quantitative estimate of drug-likeness (QED) is 0.683. The molecule has 1 aromatic carbocycles. The van der Waals surface area contributed by atoms with E-state index in [-0.39, 0.29) is 54.0 Å². The number of esters is 1. The molecule has 7 nitrogen and oxygen atoms in total. The van der Waals surface area contributed by atoms with Gasteiger partial charge in [-0.1, -0.05) is 0 Å². The fourth-order valence-electron chi connectivity index (χ4n) is 4.35. The fraction of sp³-hybridized carbons (Fsp3) is 0.478. The zero-order valence-electron chi connectivity index (χ0n) is 18.2. The van der Waals surface area contributed by atoms with Crippen LogP contribution in [0, 0.1) is 5.82 Å². The molecule has 0 spiro atoms. The van der Waals surface area contributed by atoms with Crippen molar-refractivity contribution in [3.63, 3.8) is 0 Å². The molecule has 0 radical (unpaired) electrons. The lowest BCUT2D eigenvalue weighted by molar-refractivity contribution is 0.0524. The molecule has 1 saturated carbocycles. The van der Waals surface area contributed by atoms with Crippen LogP contribution in [-0.2, 0) is 4.74 Å². The lowest BCUT2D eigenvalue weighted by Crippen LogP contribution is -2.33. The van der Waals surface area contributed by atoms with Gasteiger partial charge in [-0.3, -0.25) is 4.79 Å². The van der Waals surface area contributed by atoms with Crippen molar-refractivity contribution in [2.45, 2.75) is 38.6 Å². The van der Waals surface area contributed by atoms with Crippen molar-refractivity contribution in [2.24, 2.45) is 5.73 Å². The van der Waals surface area contributed by atoms with Crippen LogP contribution in [0.5, 0.6) is 5.75 Å². The standard InChI is InChI=1S/C23H27F2N3O4/c1-3-32-23(30)16-12-28(14-6-7-14)19-15(21(16)29)9-17(24)20(22(19)31-2)27-8-4-5-13(11-27)18(25)10-26/h9,12,14H,3-8,10-11,26H2,1-2H3. The number of ether oxygens (including phenoxy) is 2. The van der Waals surface area contributed by atoms with Crippen LogP contribution in [0.25, 0.3) is 10.9 Å². The Labute approximate surface area is 184 Å². The van der Waals surface area contributed by atoms with E-state index in [0.717, 1.165) is 18.9 Å². The zero-order valence-corrected chi connectivity index (χ0v) is 18.2. The number of carbonyl (C=O) groups excluding carboxylic acids is 1. The average molecular weight is 447 g/mol. The second-order valence-electron chi connectivity index (χ2n) is 8.10. The summed E-state index contributed by atoms with van der Waals surface area (Å²) >= 11 is 0. The first kappa shape index (κ1) is 22.3. The summed E-state index contributed by atoms with van der Waals surface area (Å²) in [6, 6.07) is 1.22. The normalized spacial score (nSPS) is 18.1. The molecule has 2 aromatic rings. The maximum absolute atomic E-state index is 15.5. The summed E-state index contributed by atoms with van der Waals surface area (Å²) in [5.74, 6) is -1.58. The van der Waals surface area contributed by atoms with Gasteiger partial charge in [0.2, 0.25) is 5.43 Å². The predicted octanol–water partition coefficient (Wildman–Crippen LogP) is 3.44. The van der Waals surface area contributed by atoms with Crippen LogP contribution >= 0.6 is 0 Å². The van der Waals surface area contributed by atoms with E-state index in [2.05, 4.69) is 0 Å². The van der Waals surface area contributed by atoms with Gasteiger partial charge in [0, 0.05) is 31.9 Å². The molecule has 1 aliphatic heterocycles. The van der Waals surface area contributed by atoms with Gasteiger partial charge >= 0.3 is 5.97 Å². The highest BCUT2D eigenvalue weighted by Crippen LogP contribution is 2.44. The highest BCUT2D eigenvalue weighted by Gasteiger charge is 2.32. The van der Waals surface area contributed by atoms with Crippen LogP contribution in [0.4, 0.5) is 14.5 Å². The molecule has 1 saturated heterocycles. The molecule has 2 fully saturated rings. The summed E-state index contributed by atoms with van der Waals surface area (Å²) < 4.78 is 42.1. The second kappa shape index (κ2) is 8.90. The number of rotatable bonds is 6. The highest BCUT2D eigenvalue weighted by atomic mass is 19.1. The summed E-state index contributed by atoms with van der Waals surface area (Å²) in [6.45, 7) is 2.28. The monoisotopic (exact) mass is 447 g/mol. The number of benzene rings is 1. The van der Waals surface area contributed by atoms with Crippen LogP contribution < -0.4 is 20.8 Å². The molecule has 172 valence electrons. The maximum atomic E-state index is 15.5. The van der Waals surface area contributed by atoms with Crippen LogP contribution in [0.2, 0.25) is 0 Å². The second-order valence-corrected chi connectivity index (χ2v) is 8.10. The van der Waals surface area contributed by atoms with Crippen molar-refractivity contribution in [1.29, 1.82) is 0 Å². The summed E-state index contributed by atoms with van der Waals surface area (Å²) in [4.78, 5) is 27.2. The Morgan fingerprint density at radius 1 is 1.34 bits per heavy atom. The number of nitrogens with two attached hydrogens (primary N) is 1. The Hall–Kier alpha value is -2.94. The summed E-state index contributed by atoms with van der Waals surface area (Å²) in [7, 11) is 1.42. The Kier molecular flexibility index (Phi) is 6.19. The van der Waals surface area contributed by atoms with Crippen molar-refractivity contribution in [2.75, 3.05) is 38.3 Å². The number of methoxy groups -OCH3 is 1. The van der Waals surface area contributed by atoms with Gasteiger partial charge in [-0.05, 0) is 44.2 Å². The lowest BCUT2D eigenvalue weighted by Gasteiger charge is -2.33. The molecule has 2 N–H and O–H groups in total. The first-order chi connectivity index (χ1) is 15.4. The molecule has 0 bridgehead atoms. The Morgan fingerprint density at radius 2 is 2.09 bits per heavy atom. The molecule has 2 heterocycles. The van der Waals surface area contributed by atoms with Crippen LogP contribution in [-0.4, -0.2) is 43.9 Å². The van der Waals surface area contributed by atoms with Crippen LogP contribution in [0.3, 0.4) is 0 Å². The third-order valence-corrected chi connectivity index (χ3v) is 6.01. The molecule has 4 rings (SSSR count). The van der Waals surface area contributed by atoms with Gasteiger partial charge in [0.25, 0.3) is 0 Å². The molecule has 0 unspecified atom stereocenters. The topological polar surface area (TPSA) is 86.8 Å². The van der Waals surface area contributed by atoms with Gasteiger partial charge in [0.1, 0.15) is 17.1 Å². The number of aromatic nitrogens is 1. The number of anilines is 1. The fourth-order valence-corrected chi connectivity index (χ4v) is 4.35. The van der Waals surface area contributed by atoms with E-state index in [0.29, 0.717) is 30.5 Å². The van der Waals surface area contributed by atoms with Gasteiger partial charge in [-0.2, -0.15) is 0 Å². The van der Waals surface area contributed by atoms with Crippen molar-refractivity contribution in [3.8, 4) is 5.75 Å². The summed E-state index contributed by atoms with van der Waals surface area (Å²) in [5.41, 5.74) is 5.87. The number of hydrogen-bond donors (Lipinski definition) is 1. The lowest BCUT2D eigenvalue weighted by atomic mass is 10.0. The average Bonchev–Trinajstić information content (AvgIpc) is 3.63. The Bertz CT molecular complexity index is 1150. The van der Waals surface area contributed by atoms with Gasteiger partial charge in [-0.15, -0.1) is 0 Å². The number of hydrogen-bond acceptors (Lipinski definition) is 6. The minimum absolute atomic E-state index is 0.0569. The van der Waals surface area contributed by atoms with Crippen molar-refractivity contribution < 1.29 is 23.0 Å². The maximum Gasteiger partial charge on any atom is 0.343 e. The van der Waals surface area contributed by atoms with E-state index in [9.17, 15) is 14.0 Å². The van der Waals surface area contributed by atoms with Crippen molar-refractivity contribution in [1.82, 2.24) is 4.57 Å². The number of carbonyl (C=O) groups is 1. The third kappa shape index (κ3) is 3.85. The van der Waals surface area contributed by atoms with Crippen LogP contribution in [0.1, 0.15) is 49.0 Å². The first-order valence-electron chi connectivity index (χ1n) is 10.8. The molecule has 2 aliphatic rings. The Morgan fingerprint density at radius 3 is 2.72 bits per heavy atom. The minimum atomic E-state index is -0.736. The van der Waals surface area contributed by atoms with Crippen LogP contribution in [0.15, 0.2) is 28.5 Å². The molecule has 1 aromatic heterocycles. The molecule has 32 heavy (non-hydrogen) atoms. The number of pyridine rings is 1. The number of halogens is 2. The first-order valence-corrected chi connectivity index (χ1v) is 10.8. The zero-order chi connectivity index (χ0) is 23.0. The molecule has 1 aliphatic carbocycles. The third-order valence-electron chi connectivity index (χ3n) is 6.01. The molecule has 9 heteroatoms. The van der Waals surface area contributed by atoms with E-state index >= 15 is 4.39 Å².